The van der Waals surface area contributed by atoms with Gasteiger partial charge in [-0.1, -0.05) is 23.7 Å². The zero-order valence-corrected chi connectivity index (χ0v) is 11.7. The largest absolute Gasteiger partial charge is 0.341 e. The summed E-state index contributed by atoms with van der Waals surface area (Å²) in [6.45, 7) is 1.52. The lowest BCUT2D eigenvalue weighted by atomic mass is 10.1. The maximum absolute atomic E-state index is 12.0. The van der Waals surface area contributed by atoms with E-state index in [9.17, 15) is 4.79 Å². The lowest BCUT2D eigenvalue weighted by molar-refractivity contribution is -0.131. The van der Waals surface area contributed by atoms with Gasteiger partial charge in [-0.2, -0.15) is 0 Å². The second-order valence-corrected chi connectivity index (χ2v) is 4.98. The van der Waals surface area contributed by atoms with E-state index in [0.717, 1.165) is 24.9 Å². The maximum atomic E-state index is 12.0. The molecule has 1 saturated heterocycles. The van der Waals surface area contributed by atoms with Gasteiger partial charge in [-0.25, -0.2) is 0 Å². The van der Waals surface area contributed by atoms with Crippen LogP contribution in [0.1, 0.15) is 18.4 Å². The Morgan fingerprint density at radius 3 is 2.67 bits per heavy atom. The highest BCUT2D eigenvalue weighted by atomic mass is 35.5. The molecule has 2 N–H and O–H groups in total. The van der Waals surface area contributed by atoms with Crippen LogP contribution in [0.15, 0.2) is 24.3 Å². The van der Waals surface area contributed by atoms with E-state index in [2.05, 4.69) is 0 Å². The Balaban J connectivity index is 0.00000162. The minimum atomic E-state index is 0. The Kier molecular flexibility index (Phi) is 5.93. The minimum absolute atomic E-state index is 0. The molecule has 0 aromatic heterocycles. The van der Waals surface area contributed by atoms with Gasteiger partial charge in [0.1, 0.15) is 0 Å². The average Bonchev–Trinajstić information content (AvgIpc) is 2.32. The normalized spacial score (nSPS) is 19.2. The Morgan fingerprint density at radius 2 is 2.06 bits per heavy atom. The number of benzene rings is 1. The molecule has 0 saturated carbocycles. The molecule has 0 bridgehead atoms. The van der Waals surface area contributed by atoms with Crippen LogP contribution >= 0.6 is 24.0 Å². The molecule has 1 aliphatic rings. The SMILES string of the molecule is Cl.N[C@@H]1CCCN(C(=O)Cc2ccc(Cl)cc2)C1. The van der Waals surface area contributed by atoms with Crippen molar-refractivity contribution in [3.05, 3.63) is 34.9 Å². The summed E-state index contributed by atoms with van der Waals surface area (Å²) in [6, 6.07) is 7.55. The number of piperidine rings is 1. The molecule has 3 nitrogen and oxygen atoms in total. The van der Waals surface area contributed by atoms with Gasteiger partial charge in [-0.3, -0.25) is 4.79 Å². The highest BCUT2D eigenvalue weighted by Crippen LogP contribution is 2.13. The molecule has 1 aromatic rings. The summed E-state index contributed by atoms with van der Waals surface area (Å²) in [7, 11) is 0. The Bertz CT molecular complexity index is 394. The third-order valence-corrected chi connectivity index (χ3v) is 3.33. The van der Waals surface area contributed by atoms with E-state index in [1.807, 2.05) is 29.2 Å². The van der Waals surface area contributed by atoms with Crippen LogP contribution in [0.3, 0.4) is 0 Å². The first-order valence-corrected chi connectivity index (χ1v) is 6.31. The van der Waals surface area contributed by atoms with Gasteiger partial charge in [0, 0.05) is 24.2 Å². The number of nitrogens with two attached hydrogens (primary N) is 1. The number of likely N-dealkylation sites (tertiary alicyclic amines) is 1. The van der Waals surface area contributed by atoms with Crippen molar-refractivity contribution in [3.8, 4) is 0 Å². The molecule has 0 spiro atoms. The molecule has 5 heteroatoms. The molecular weight excluding hydrogens is 271 g/mol. The number of nitrogens with zero attached hydrogens (tertiary/aromatic N) is 1. The standard InChI is InChI=1S/C13H17ClN2O.ClH/c14-11-5-3-10(4-6-11)8-13(17)16-7-1-2-12(15)9-16;/h3-6,12H,1-2,7-9,15H2;1H/t12-;/m1./s1. The molecule has 0 radical (unpaired) electrons. The van der Waals surface area contributed by atoms with Crippen molar-refractivity contribution < 1.29 is 4.79 Å². The van der Waals surface area contributed by atoms with Gasteiger partial charge in [0.25, 0.3) is 0 Å². The van der Waals surface area contributed by atoms with E-state index in [0.29, 0.717) is 18.0 Å². The lowest BCUT2D eigenvalue weighted by Gasteiger charge is -2.30. The van der Waals surface area contributed by atoms with E-state index in [1.165, 1.54) is 0 Å². The topological polar surface area (TPSA) is 46.3 Å². The fraction of sp³-hybridized carbons (Fsp3) is 0.462. The highest BCUT2D eigenvalue weighted by molar-refractivity contribution is 6.30. The summed E-state index contributed by atoms with van der Waals surface area (Å²) < 4.78 is 0. The quantitative estimate of drug-likeness (QED) is 0.907. The molecule has 1 aromatic carbocycles. The van der Waals surface area contributed by atoms with Crippen LogP contribution in [0.4, 0.5) is 0 Å². The second-order valence-electron chi connectivity index (χ2n) is 4.55. The summed E-state index contributed by atoms with van der Waals surface area (Å²) in [5.74, 6) is 0.155. The van der Waals surface area contributed by atoms with Crippen LogP contribution in [0.5, 0.6) is 0 Å². The van der Waals surface area contributed by atoms with Crippen LogP contribution in [0, 0.1) is 0 Å². The number of rotatable bonds is 2. The van der Waals surface area contributed by atoms with Crippen molar-refractivity contribution in [1.29, 1.82) is 0 Å². The Hall–Kier alpha value is -0.770. The lowest BCUT2D eigenvalue weighted by Crippen LogP contribution is -2.46. The van der Waals surface area contributed by atoms with E-state index in [-0.39, 0.29) is 24.4 Å². The maximum Gasteiger partial charge on any atom is 0.227 e. The number of halogens is 2. The summed E-state index contributed by atoms with van der Waals surface area (Å²) in [5.41, 5.74) is 6.86. The zero-order chi connectivity index (χ0) is 12.3. The number of carbonyl (C=O) groups excluding carboxylic acids is 1. The van der Waals surface area contributed by atoms with Gasteiger partial charge in [0.2, 0.25) is 5.91 Å². The van der Waals surface area contributed by atoms with Crippen molar-refractivity contribution in [2.75, 3.05) is 13.1 Å². The minimum Gasteiger partial charge on any atom is -0.341 e. The first kappa shape index (κ1) is 15.3. The second kappa shape index (κ2) is 6.98. The molecule has 1 fully saturated rings. The molecule has 1 atom stereocenters. The molecule has 1 amide bonds. The first-order chi connectivity index (χ1) is 8.15. The molecule has 1 heterocycles. The summed E-state index contributed by atoms with van der Waals surface area (Å²) in [6.07, 6.45) is 2.46. The molecule has 2 rings (SSSR count). The first-order valence-electron chi connectivity index (χ1n) is 5.93. The molecule has 100 valence electrons. The van der Waals surface area contributed by atoms with E-state index >= 15 is 0 Å². The Morgan fingerprint density at radius 1 is 1.39 bits per heavy atom. The molecule has 0 aliphatic carbocycles. The number of amides is 1. The van der Waals surface area contributed by atoms with Crippen molar-refractivity contribution in [1.82, 2.24) is 4.90 Å². The fourth-order valence-electron chi connectivity index (χ4n) is 2.13. The van der Waals surface area contributed by atoms with Crippen LogP contribution < -0.4 is 5.73 Å². The van der Waals surface area contributed by atoms with Gasteiger partial charge < -0.3 is 10.6 Å². The van der Waals surface area contributed by atoms with Crippen molar-refractivity contribution in [3.63, 3.8) is 0 Å². The van der Waals surface area contributed by atoms with Gasteiger partial charge in [-0.15, -0.1) is 12.4 Å². The smallest absolute Gasteiger partial charge is 0.227 e. The van der Waals surface area contributed by atoms with E-state index in [4.69, 9.17) is 17.3 Å². The van der Waals surface area contributed by atoms with Crippen LogP contribution in [0.25, 0.3) is 0 Å². The van der Waals surface area contributed by atoms with E-state index < -0.39 is 0 Å². The van der Waals surface area contributed by atoms with Crippen molar-refractivity contribution in [2.24, 2.45) is 5.73 Å². The highest BCUT2D eigenvalue weighted by Gasteiger charge is 2.20. The third-order valence-electron chi connectivity index (χ3n) is 3.08. The monoisotopic (exact) mass is 288 g/mol. The van der Waals surface area contributed by atoms with Gasteiger partial charge in [-0.05, 0) is 30.5 Å². The number of hydrogen-bond donors (Lipinski definition) is 1. The van der Waals surface area contributed by atoms with Gasteiger partial charge >= 0.3 is 0 Å². The molecule has 18 heavy (non-hydrogen) atoms. The zero-order valence-electron chi connectivity index (χ0n) is 10.1. The van der Waals surface area contributed by atoms with Crippen LogP contribution in [0.2, 0.25) is 5.02 Å². The predicted molar refractivity (Wildman–Crippen MR) is 76.2 cm³/mol. The Labute approximate surface area is 119 Å². The van der Waals surface area contributed by atoms with E-state index in [1.54, 1.807) is 0 Å². The predicted octanol–water partition coefficient (Wildman–Crippen LogP) is 2.25. The molecule has 0 unspecified atom stereocenters. The van der Waals surface area contributed by atoms with Crippen LogP contribution in [-0.4, -0.2) is 29.9 Å². The van der Waals surface area contributed by atoms with Crippen molar-refractivity contribution >= 4 is 29.9 Å². The number of carbonyl (C=O) groups is 1. The van der Waals surface area contributed by atoms with Crippen LogP contribution in [-0.2, 0) is 11.2 Å². The average molecular weight is 289 g/mol. The fourth-order valence-corrected chi connectivity index (χ4v) is 2.25. The summed E-state index contributed by atoms with van der Waals surface area (Å²) in [5, 5.41) is 0.696. The summed E-state index contributed by atoms with van der Waals surface area (Å²) in [4.78, 5) is 13.9. The van der Waals surface area contributed by atoms with Gasteiger partial charge in [0.15, 0.2) is 0 Å². The summed E-state index contributed by atoms with van der Waals surface area (Å²) >= 11 is 5.80. The number of hydrogen-bond acceptors (Lipinski definition) is 2. The van der Waals surface area contributed by atoms with Gasteiger partial charge in [0.05, 0.1) is 6.42 Å². The molecule has 1 aliphatic heterocycles. The van der Waals surface area contributed by atoms with Crippen molar-refractivity contribution in [2.45, 2.75) is 25.3 Å². The third kappa shape index (κ3) is 4.16. The molecular formula is C13H18Cl2N2O.